The van der Waals surface area contributed by atoms with Crippen molar-refractivity contribution in [1.29, 1.82) is 0 Å². The molecule has 23 heavy (non-hydrogen) atoms. The summed E-state index contributed by atoms with van der Waals surface area (Å²) in [5.41, 5.74) is 5.46. The number of amidine groups is 1. The Morgan fingerprint density at radius 3 is 2.78 bits per heavy atom. The van der Waals surface area contributed by atoms with E-state index in [1.54, 1.807) is 17.0 Å². The van der Waals surface area contributed by atoms with Crippen LogP contribution in [0, 0.1) is 0 Å². The molecule has 1 aliphatic rings. The highest BCUT2D eigenvalue weighted by atomic mass is 16.6. The van der Waals surface area contributed by atoms with Gasteiger partial charge in [0.2, 0.25) is 5.88 Å². The molecule has 0 radical (unpaired) electrons. The average Bonchev–Trinajstić information content (AvgIpc) is 2.94. The number of hydrogen-bond donors (Lipinski definition) is 2. The standard InChI is InChI=1S/C15H22N4O4/c1-15(2,3)23-14(20)19-7-6-11(9-19)22-12-5-4-10(8-17-12)13(16)18-21/h4-5,8,11,21H,6-7,9H2,1-3H3,(H2,16,18)/t11-/m1/s1. The number of hydrogen-bond acceptors (Lipinski definition) is 6. The van der Waals surface area contributed by atoms with Gasteiger partial charge >= 0.3 is 6.09 Å². The summed E-state index contributed by atoms with van der Waals surface area (Å²) in [6, 6.07) is 3.29. The first-order chi connectivity index (χ1) is 10.8. The van der Waals surface area contributed by atoms with Crippen LogP contribution >= 0.6 is 0 Å². The molecule has 0 aromatic carbocycles. The van der Waals surface area contributed by atoms with E-state index < -0.39 is 5.60 Å². The van der Waals surface area contributed by atoms with Gasteiger partial charge in [-0.25, -0.2) is 9.78 Å². The van der Waals surface area contributed by atoms with Crippen molar-refractivity contribution in [3.8, 4) is 5.88 Å². The first-order valence-corrected chi connectivity index (χ1v) is 7.37. The van der Waals surface area contributed by atoms with Gasteiger partial charge in [-0.2, -0.15) is 0 Å². The van der Waals surface area contributed by atoms with Crippen molar-refractivity contribution >= 4 is 11.9 Å². The lowest BCUT2D eigenvalue weighted by atomic mass is 10.2. The minimum Gasteiger partial charge on any atom is -0.472 e. The normalized spacial score (nSPS) is 18.8. The smallest absolute Gasteiger partial charge is 0.410 e. The van der Waals surface area contributed by atoms with Crippen molar-refractivity contribution in [1.82, 2.24) is 9.88 Å². The van der Waals surface area contributed by atoms with Gasteiger partial charge in [-0.1, -0.05) is 5.16 Å². The van der Waals surface area contributed by atoms with Gasteiger partial charge in [0, 0.05) is 30.8 Å². The van der Waals surface area contributed by atoms with Crippen molar-refractivity contribution in [3.63, 3.8) is 0 Å². The zero-order valence-corrected chi connectivity index (χ0v) is 13.5. The first kappa shape index (κ1) is 16.9. The molecule has 3 N–H and O–H groups in total. The molecule has 0 unspecified atom stereocenters. The number of likely N-dealkylation sites (tertiary alicyclic amines) is 1. The number of nitrogens with two attached hydrogens (primary N) is 1. The quantitative estimate of drug-likeness (QED) is 0.378. The van der Waals surface area contributed by atoms with Crippen molar-refractivity contribution in [2.75, 3.05) is 13.1 Å². The zero-order chi connectivity index (χ0) is 17.0. The summed E-state index contributed by atoms with van der Waals surface area (Å²) >= 11 is 0. The lowest BCUT2D eigenvalue weighted by molar-refractivity contribution is 0.0275. The van der Waals surface area contributed by atoms with Crippen LogP contribution < -0.4 is 10.5 Å². The van der Waals surface area contributed by atoms with E-state index in [-0.39, 0.29) is 18.0 Å². The molecule has 0 bridgehead atoms. The fourth-order valence-electron chi connectivity index (χ4n) is 2.15. The number of carbonyl (C=O) groups excluding carboxylic acids is 1. The molecule has 1 aromatic heterocycles. The SMILES string of the molecule is CC(C)(C)OC(=O)N1CC[C@@H](Oc2ccc(C(N)=NO)cn2)C1. The Kier molecular flexibility index (Phi) is 4.92. The average molecular weight is 322 g/mol. The van der Waals surface area contributed by atoms with E-state index in [4.69, 9.17) is 20.4 Å². The largest absolute Gasteiger partial charge is 0.472 e. The third kappa shape index (κ3) is 4.73. The van der Waals surface area contributed by atoms with Crippen LogP contribution in [0.15, 0.2) is 23.5 Å². The summed E-state index contributed by atoms with van der Waals surface area (Å²) in [6.07, 6.45) is 1.71. The first-order valence-electron chi connectivity index (χ1n) is 7.37. The van der Waals surface area contributed by atoms with Gasteiger partial charge in [-0.15, -0.1) is 0 Å². The minimum absolute atomic E-state index is 0.0129. The second-order valence-electron chi connectivity index (χ2n) is 6.33. The summed E-state index contributed by atoms with van der Waals surface area (Å²) in [5.74, 6) is 0.413. The predicted molar refractivity (Wildman–Crippen MR) is 83.6 cm³/mol. The van der Waals surface area contributed by atoms with Crippen molar-refractivity contribution < 1.29 is 19.5 Å². The number of aromatic nitrogens is 1. The molecular weight excluding hydrogens is 300 g/mol. The minimum atomic E-state index is -0.512. The molecule has 0 spiro atoms. The Morgan fingerprint density at radius 2 is 2.22 bits per heavy atom. The molecule has 8 nitrogen and oxygen atoms in total. The number of carbonyl (C=O) groups is 1. The molecule has 2 heterocycles. The van der Waals surface area contributed by atoms with E-state index in [9.17, 15) is 4.79 Å². The summed E-state index contributed by atoms with van der Waals surface area (Å²) in [7, 11) is 0. The maximum absolute atomic E-state index is 12.0. The molecule has 8 heteroatoms. The van der Waals surface area contributed by atoms with Gasteiger partial charge in [0.1, 0.15) is 11.7 Å². The van der Waals surface area contributed by atoms with E-state index in [1.807, 2.05) is 20.8 Å². The summed E-state index contributed by atoms with van der Waals surface area (Å²) in [6.45, 7) is 6.55. The second-order valence-corrected chi connectivity index (χ2v) is 6.33. The molecule has 0 saturated carbocycles. The molecule has 1 fully saturated rings. The highest BCUT2D eigenvalue weighted by Gasteiger charge is 2.31. The van der Waals surface area contributed by atoms with Crippen LogP contribution in [0.25, 0.3) is 0 Å². The molecule has 1 saturated heterocycles. The van der Waals surface area contributed by atoms with Gasteiger partial charge in [-0.3, -0.25) is 0 Å². The summed E-state index contributed by atoms with van der Waals surface area (Å²) < 4.78 is 11.1. The van der Waals surface area contributed by atoms with Gasteiger partial charge in [0.05, 0.1) is 6.54 Å². The van der Waals surface area contributed by atoms with Crippen molar-refractivity contribution in [2.45, 2.75) is 38.9 Å². The van der Waals surface area contributed by atoms with Crippen molar-refractivity contribution in [2.24, 2.45) is 10.9 Å². The maximum atomic E-state index is 12.0. The number of oxime groups is 1. The monoisotopic (exact) mass is 322 g/mol. The zero-order valence-electron chi connectivity index (χ0n) is 13.5. The third-order valence-electron chi connectivity index (χ3n) is 3.22. The third-order valence-corrected chi connectivity index (χ3v) is 3.22. The molecule has 1 amide bonds. The van der Waals surface area contributed by atoms with Crippen LogP contribution in [0.1, 0.15) is 32.8 Å². The molecular formula is C15H22N4O4. The van der Waals surface area contributed by atoms with Gasteiger partial charge in [0.15, 0.2) is 5.84 Å². The van der Waals surface area contributed by atoms with Crippen LogP contribution in [0.5, 0.6) is 5.88 Å². The second kappa shape index (κ2) is 6.72. The molecule has 1 aromatic rings. The topological polar surface area (TPSA) is 110 Å². The highest BCUT2D eigenvalue weighted by molar-refractivity contribution is 5.96. The molecule has 126 valence electrons. The van der Waals surface area contributed by atoms with E-state index in [0.29, 0.717) is 31.0 Å². The summed E-state index contributed by atoms with van der Waals surface area (Å²) in [4.78, 5) is 17.7. The van der Waals surface area contributed by atoms with Crippen LogP contribution in [0.3, 0.4) is 0 Å². The van der Waals surface area contributed by atoms with Gasteiger partial charge < -0.3 is 25.3 Å². The molecule has 1 aliphatic heterocycles. The van der Waals surface area contributed by atoms with Crippen LogP contribution in [-0.4, -0.2) is 51.8 Å². The Hall–Kier alpha value is -2.51. The maximum Gasteiger partial charge on any atom is 0.410 e. The molecule has 0 aliphatic carbocycles. The van der Waals surface area contributed by atoms with Crippen LogP contribution in [0.4, 0.5) is 4.79 Å². The van der Waals surface area contributed by atoms with Gasteiger partial charge in [-0.05, 0) is 26.8 Å². The number of ether oxygens (including phenoxy) is 2. The highest BCUT2D eigenvalue weighted by Crippen LogP contribution is 2.19. The number of rotatable bonds is 3. The molecule has 2 rings (SSSR count). The Bertz CT molecular complexity index is 580. The lowest BCUT2D eigenvalue weighted by Gasteiger charge is -2.24. The molecule has 1 atom stereocenters. The number of pyridine rings is 1. The van der Waals surface area contributed by atoms with E-state index in [1.165, 1.54) is 6.20 Å². The number of amides is 1. The Labute approximate surface area is 134 Å². The van der Waals surface area contributed by atoms with E-state index in [0.717, 1.165) is 0 Å². The lowest BCUT2D eigenvalue weighted by Crippen LogP contribution is -2.36. The number of nitrogens with zero attached hydrogens (tertiary/aromatic N) is 3. The van der Waals surface area contributed by atoms with E-state index in [2.05, 4.69) is 10.1 Å². The summed E-state index contributed by atoms with van der Waals surface area (Å²) in [5, 5.41) is 11.5. The Balaban J connectivity index is 1.89. The van der Waals surface area contributed by atoms with Crippen LogP contribution in [-0.2, 0) is 4.74 Å². The van der Waals surface area contributed by atoms with Crippen LogP contribution in [0.2, 0.25) is 0 Å². The fraction of sp³-hybridized carbons (Fsp3) is 0.533. The van der Waals surface area contributed by atoms with Gasteiger partial charge in [0.25, 0.3) is 0 Å². The van der Waals surface area contributed by atoms with E-state index >= 15 is 0 Å². The fourth-order valence-corrected chi connectivity index (χ4v) is 2.15. The predicted octanol–water partition coefficient (Wildman–Crippen LogP) is 1.56. The van der Waals surface area contributed by atoms with Crippen molar-refractivity contribution in [3.05, 3.63) is 23.9 Å². The Morgan fingerprint density at radius 1 is 1.48 bits per heavy atom.